The first-order chi connectivity index (χ1) is 9.10. The molecule has 0 amide bonds. The third-order valence-electron chi connectivity index (χ3n) is 1.60. The molecule has 0 spiro atoms. The molecular weight excluding hydrogens is 268 g/mol. The standard InChI is InChI=1S/C13H24O7/c1-9(2)8-15-10(3)16-11(4)17-12(14)18-20-19-13(5,6)7/h10-11H,1,8H2,2-7H3. The van der Waals surface area contributed by atoms with Crippen molar-refractivity contribution in [3.05, 3.63) is 12.2 Å². The Bertz CT molecular complexity index is 308. The minimum Gasteiger partial charge on any atom is -0.403 e. The molecule has 118 valence electrons. The fourth-order valence-corrected chi connectivity index (χ4v) is 0.899. The molecule has 0 N–H and O–H groups in total. The quantitative estimate of drug-likeness (QED) is 0.224. The number of carbonyl (C=O) groups is 1. The largest absolute Gasteiger partial charge is 0.544 e. The second kappa shape index (κ2) is 8.91. The molecule has 0 aromatic heterocycles. The van der Waals surface area contributed by atoms with Crippen LogP contribution in [0.4, 0.5) is 4.79 Å². The smallest absolute Gasteiger partial charge is 0.403 e. The molecule has 0 aromatic carbocycles. The number of hydrogen-bond donors (Lipinski definition) is 0. The van der Waals surface area contributed by atoms with Crippen LogP contribution in [0.15, 0.2) is 12.2 Å². The third kappa shape index (κ3) is 11.9. The highest BCUT2D eigenvalue weighted by molar-refractivity contribution is 5.59. The van der Waals surface area contributed by atoms with Crippen LogP contribution in [0.5, 0.6) is 0 Å². The molecule has 2 atom stereocenters. The molecule has 0 fully saturated rings. The first kappa shape index (κ1) is 18.9. The zero-order chi connectivity index (χ0) is 15.8. The predicted octanol–water partition coefficient (Wildman–Crippen LogP) is 3.10. The van der Waals surface area contributed by atoms with E-state index in [0.29, 0.717) is 6.61 Å². The van der Waals surface area contributed by atoms with E-state index < -0.39 is 24.3 Å². The van der Waals surface area contributed by atoms with E-state index in [0.717, 1.165) is 5.57 Å². The van der Waals surface area contributed by atoms with E-state index in [9.17, 15) is 4.79 Å². The molecule has 7 nitrogen and oxygen atoms in total. The lowest BCUT2D eigenvalue weighted by Gasteiger charge is -2.19. The van der Waals surface area contributed by atoms with Gasteiger partial charge in [-0.05, 0) is 46.6 Å². The van der Waals surface area contributed by atoms with Crippen molar-refractivity contribution in [2.45, 2.75) is 59.7 Å². The van der Waals surface area contributed by atoms with Crippen LogP contribution in [0, 0.1) is 0 Å². The molecule has 0 aliphatic heterocycles. The summed E-state index contributed by atoms with van der Waals surface area (Å²) in [4.78, 5) is 20.2. The van der Waals surface area contributed by atoms with Crippen molar-refractivity contribution in [2.75, 3.05) is 6.61 Å². The summed E-state index contributed by atoms with van der Waals surface area (Å²) < 4.78 is 15.3. The van der Waals surface area contributed by atoms with Gasteiger partial charge < -0.3 is 14.2 Å². The van der Waals surface area contributed by atoms with Crippen LogP contribution in [0.1, 0.15) is 41.5 Å². The van der Waals surface area contributed by atoms with Gasteiger partial charge in [0.05, 0.1) is 12.2 Å². The van der Waals surface area contributed by atoms with Gasteiger partial charge in [0.25, 0.3) is 0 Å². The van der Waals surface area contributed by atoms with Crippen LogP contribution in [0.3, 0.4) is 0 Å². The minimum atomic E-state index is -1.08. The van der Waals surface area contributed by atoms with Crippen molar-refractivity contribution in [3.63, 3.8) is 0 Å². The van der Waals surface area contributed by atoms with E-state index in [-0.39, 0.29) is 0 Å². The van der Waals surface area contributed by atoms with E-state index in [1.165, 1.54) is 6.92 Å². The van der Waals surface area contributed by atoms with Crippen LogP contribution < -0.4 is 0 Å². The average molecular weight is 292 g/mol. The van der Waals surface area contributed by atoms with Crippen LogP contribution in [-0.2, 0) is 29.0 Å². The summed E-state index contributed by atoms with van der Waals surface area (Å²) in [6.07, 6.45) is -2.49. The SMILES string of the molecule is C=C(C)COC(C)OC(C)OC(=O)OOOC(C)(C)C. The van der Waals surface area contributed by atoms with Crippen molar-refractivity contribution in [3.8, 4) is 0 Å². The van der Waals surface area contributed by atoms with Crippen molar-refractivity contribution in [1.29, 1.82) is 0 Å². The molecule has 2 unspecified atom stereocenters. The van der Waals surface area contributed by atoms with Gasteiger partial charge in [0, 0.05) is 0 Å². The van der Waals surface area contributed by atoms with Gasteiger partial charge in [0.15, 0.2) is 6.29 Å². The summed E-state index contributed by atoms with van der Waals surface area (Å²) in [6.45, 7) is 14.3. The molecule has 0 aromatic rings. The number of rotatable bonds is 8. The van der Waals surface area contributed by atoms with Crippen molar-refractivity contribution in [1.82, 2.24) is 0 Å². The van der Waals surface area contributed by atoms with Crippen LogP contribution in [-0.4, -0.2) is 30.9 Å². The fraction of sp³-hybridized carbons (Fsp3) is 0.769. The molecule has 0 aliphatic rings. The lowest BCUT2D eigenvalue weighted by Crippen LogP contribution is -2.26. The molecule has 0 radical (unpaired) electrons. The fourth-order valence-electron chi connectivity index (χ4n) is 0.899. The second-order valence-electron chi connectivity index (χ2n) is 5.25. The maximum Gasteiger partial charge on any atom is 0.544 e. The highest BCUT2D eigenvalue weighted by Gasteiger charge is 2.18. The van der Waals surface area contributed by atoms with Crippen LogP contribution >= 0.6 is 0 Å². The Morgan fingerprint density at radius 1 is 1.20 bits per heavy atom. The van der Waals surface area contributed by atoms with E-state index in [4.69, 9.17) is 19.1 Å². The average Bonchev–Trinajstić information content (AvgIpc) is 2.24. The van der Waals surface area contributed by atoms with Gasteiger partial charge in [-0.15, -0.1) is 0 Å². The molecule has 0 saturated carbocycles. The summed E-state index contributed by atoms with van der Waals surface area (Å²) in [6, 6.07) is 0. The Hall–Kier alpha value is -1.15. The summed E-state index contributed by atoms with van der Waals surface area (Å²) in [5.74, 6) is 0. The second-order valence-corrected chi connectivity index (χ2v) is 5.25. The topological polar surface area (TPSA) is 72.5 Å². The highest BCUT2D eigenvalue weighted by Crippen LogP contribution is 2.08. The maximum absolute atomic E-state index is 11.2. The van der Waals surface area contributed by atoms with Gasteiger partial charge in [-0.1, -0.05) is 12.2 Å². The number of carbonyl (C=O) groups excluding carboxylic acids is 1. The monoisotopic (exact) mass is 292 g/mol. The van der Waals surface area contributed by atoms with E-state index >= 15 is 0 Å². The van der Waals surface area contributed by atoms with Crippen LogP contribution in [0.2, 0.25) is 0 Å². The van der Waals surface area contributed by atoms with Crippen molar-refractivity contribution < 1.29 is 33.8 Å². The molecule has 20 heavy (non-hydrogen) atoms. The molecule has 0 bridgehead atoms. The Labute approximate surface area is 119 Å². The summed E-state index contributed by atoms with van der Waals surface area (Å²) in [5, 5.41) is 4.27. The van der Waals surface area contributed by atoms with E-state index in [2.05, 4.69) is 16.5 Å². The molecule has 0 aliphatic carbocycles. The zero-order valence-corrected chi connectivity index (χ0v) is 12.9. The van der Waals surface area contributed by atoms with E-state index in [1.807, 2.05) is 6.92 Å². The predicted molar refractivity (Wildman–Crippen MR) is 70.3 cm³/mol. The lowest BCUT2D eigenvalue weighted by atomic mass is 10.2. The van der Waals surface area contributed by atoms with Gasteiger partial charge in [-0.3, -0.25) is 0 Å². The summed E-state index contributed by atoms with van der Waals surface area (Å²) in [7, 11) is 0. The van der Waals surface area contributed by atoms with Gasteiger partial charge in [-0.25, -0.2) is 9.68 Å². The zero-order valence-electron chi connectivity index (χ0n) is 12.9. The highest BCUT2D eigenvalue weighted by atomic mass is 17.5. The molecule has 0 saturated heterocycles. The molecule has 0 rings (SSSR count). The normalized spacial score (nSPS) is 14.5. The van der Waals surface area contributed by atoms with Crippen LogP contribution in [0.25, 0.3) is 0 Å². The third-order valence-corrected chi connectivity index (χ3v) is 1.60. The molecule has 7 heteroatoms. The number of ether oxygens (including phenoxy) is 3. The van der Waals surface area contributed by atoms with Gasteiger partial charge in [-0.2, -0.15) is 4.89 Å². The summed E-state index contributed by atoms with van der Waals surface area (Å²) >= 11 is 0. The van der Waals surface area contributed by atoms with Gasteiger partial charge in [0.2, 0.25) is 6.29 Å². The summed E-state index contributed by atoms with van der Waals surface area (Å²) in [5.41, 5.74) is 0.258. The maximum atomic E-state index is 11.2. The minimum absolute atomic E-state index is 0.362. The van der Waals surface area contributed by atoms with Crippen molar-refractivity contribution in [2.24, 2.45) is 0 Å². The lowest BCUT2D eigenvalue weighted by molar-refractivity contribution is -0.515. The first-order valence-corrected chi connectivity index (χ1v) is 6.24. The molecule has 0 heterocycles. The van der Waals surface area contributed by atoms with Crippen molar-refractivity contribution >= 4 is 6.16 Å². The Balaban J connectivity index is 3.81. The van der Waals surface area contributed by atoms with Gasteiger partial charge in [0.1, 0.15) is 0 Å². The Morgan fingerprint density at radius 3 is 2.30 bits per heavy atom. The molecular formula is C13H24O7. The Morgan fingerprint density at radius 2 is 1.80 bits per heavy atom. The first-order valence-electron chi connectivity index (χ1n) is 6.24. The van der Waals surface area contributed by atoms with Gasteiger partial charge >= 0.3 is 6.16 Å². The Kier molecular flexibility index (Phi) is 8.40. The number of hydrogen-bond acceptors (Lipinski definition) is 7. The van der Waals surface area contributed by atoms with E-state index in [1.54, 1.807) is 27.7 Å².